The molecule has 1 atom stereocenters. The lowest BCUT2D eigenvalue weighted by atomic mass is 10.4. The second kappa shape index (κ2) is 5.69. The Bertz CT molecular complexity index is 737. The Labute approximate surface area is 126 Å². The molecule has 0 amide bonds. The third-order valence-corrected chi connectivity index (χ3v) is 3.41. The molecular formula is C13H15ClN6O. The zero-order valence-electron chi connectivity index (χ0n) is 11.8. The van der Waals surface area contributed by atoms with Crippen LogP contribution in [0.2, 0.25) is 0 Å². The fourth-order valence-electron chi connectivity index (χ4n) is 2.24. The maximum absolute atomic E-state index is 6.24. The molecule has 0 radical (unpaired) electrons. The van der Waals surface area contributed by atoms with Crippen LogP contribution in [0, 0.1) is 0 Å². The molecule has 0 saturated carbocycles. The molecule has 110 valence electrons. The van der Waals surface area contributed by atoms with Crippen LogP contribution in [0.25, 0.3) is 11.2 Å². The van der Waals surface area contributed by atoms with Crippen molar-refractivity contribution in [2.24, 2.45) is 0 Å². The highest BCUT2D eigenvalue weighted by atomic mass is 35.5. The van der Waals surface area contributed by atoms with Crippen molar-refractivity contribution in [1.82, 2.24) is 29.1 Å². The third kappa shape index (κ3) is 2.56. The average Bonchev–Trinajstić information content (AvgIpc) is 3.11. The number of halogens is 1. The van der Waals surface area contributed by atoms with Gasteiger partial charge < -0.3 is 13.9 Å². The highest BCUT2D eigenvalue weighted by Crippen LogP contribution is 2.27. The summed E-state index contributed by atoms with van der Waals surface area (Å²) in [5.41, 5.74) is 1.36. The van der Waals surface area contributed by atoms with Gasteiger partial charge in [-0.05, 0) is 6.92 Å². The zero-order chi connectivity index (χ0) is 14.8. The standard InChI is InChI=1S/C13H15ClN6O/c1-9(14)11-18-10-12(16-7-17-13(10)21-2)20(11)6-5-19-4-3-15-8-19/h3-4,7-9H,5-6H2,1-2H3. The lowest BCUT2D eigenvalue weighted by molar-refractivity contribution is 0.401. The number of nitrogens with zero attached hydrogens (tertiary/aromatic N) is 6. The summed E-state index contributed by atoms with van der Waals surface area (Å²) in [7, 11) is 1.57. The molecule has 7 nitrogen and oxygen atoms in total. The number of hydrogen-bond donors (Lipinski definition) is 0. The molecule has 0 N–H and O–H groups in total. The van der Waals surface area contributed by atoms with Gasteiger partial charge in [0, 0.05) is 25.5 Å². The maximum atomic E-state index is 6.24. The van der Waals surface area contributed by atoms with Gasteiger partial charge in [-0.3, -0.25) is 0 Å². The van der Waals surface area contributed by atoms with Crippen LogP contribution in [0.3, 0.4) is 0 Å². The van der Waals surface area contributed by atoms with E-state index in [2.05, 4.69) is 19.9 Å². The largest absolute Gasteiger partial charge is 0.479 e. The highest BCUT2D eigenvalue weighted by molar-refractivity contribution is 6.20. The molecule has 0 saturated heterocycles. The van der Waals surface area contributed by atoms with Gasteiger partial charge in [-0.15, -0.1) is 11.6 Å². The highest BCUT2D eigenvalue weighted by Gasteiger charge is 2.19. The zero-order valence-corrected chi connectivity index (χ0v) is 12.5. The van der Waals surface area contributed by atoms with Crippen molar-refractivity contribution in [1.29, 1.82) is 0 Å². The molecule has 0 aliphatic rings. The lowest BCUT2D eigenvalue weighted by Gasteiger charge is -2.10. The second-order valence-corrected chi connectivity index (χ2v) is 5.25. The molecule has 1 unspecified atom stereocenters. The van der Waals surface area contributed by atoms with E-state index in [1.54, 1.807) is 19.6 Å². The number of ether oxygens (including phenoxy) is 1. The summed E-state index contributed by atoms with van der Waals surface area (Å²) in [5.74, 6) is 1.21. The Morgan fingerprint density at radius 1 is 1.33 bits per heavy atom. The van der Waals surface area contributed by atoms with Crippen LogP contribution in [0.4, 0.5) is 0 Å². The third-order valence-electron chi connectivity index (χ3n) is 3.22. The van der Waals surface area contributed by atoms with Crippen LogP contribution in [0.1, 0.15) is 18.1 Å². The number of alkyl halides is 1. The molecule has 0 fully saturated rings. The summed E-state index contributed by atoms with van der Waals surface area (Å²) in [5, 5.41) is -0.230. The van der Waals surface area contributed by atoms with E-state index in [4.69, 9.17) is 16.3 Å². The minimum atomic E-state index is -0.230. The van der Waals surface area contributed by atoms with E-state index in [1.165, 1.54) is 6.33 Å². The minimum Gasteiger partial charge on any atom is -0.479 e. The summed E-state index contributed by atoms with van der Waals surface area (Å²) >= 11 is 6.24. The van der Waals surface area contributed by atoms with E-state index in [0.29, 0.717) is 17.9 Å². The molecular weight excluding hydrogens is 292 g/mol. The number of rotatable bonds is 5. The van der Waals surface area contributed by atoms with Gasteiger partial charge in [-0.1, -0.05) is 0 Å². The van der Waals surface area contributed by atoms with Crippen LogP contribution < -0.4 is 4.74 Å². The van der Waals surface area contributed by atoms with E-state index in [1.807, 2.05) is 22.3 Å². The molecule has 0 aliphatic heterocycles. The van der Waals surface area contributed by atoms with E-state index >= 15 is 0 Å². The van der Waals surface area contributed by atoms with E-state index in [0.717, 1.165) is 18.0 Å². The van der Waals surface area contributed by atoms with Crippen LogP contribution >= 0.6 is 11.6 Å². The Hall–Kier alpha value is -2.15. The molecule has 3 aromatic rings. The molecule has 3 heterocycles. The molecule has 0 spiro atoms. The monoisotopic (exact) mass is 306 g/mol. The summed E-state index contributed by atoms with van der Waals surface area (Å²) in [6.45, 7) is 3.34. The molecule has 0 aromatic carbocycles. The number of aryl methyl sites for hydroxylation is 2. The van der Waals surface area contributed by atoms with Crippen LogP contribution in [0.15, 0.2) is 25.0 Å². The molecule has 8 heteroatoms. The predicted molar refractivity (Wildman–Crippen MR) is 78.4 cm³/mol. The molecule has 3 aromatic heterocycles. The fraction of sp³-hybridized carbons (Fsp3) is 0.385. The lowest BCUT2D eigenvalue weighted by Crippen LogP contribution is -2.10. The first kappa shape index (κ1) is 13.8. The van der Waals surface area contributed by atoms with Gasteiger partial charge in [-0.2, -0.15) is 4.98 Å². The number of imidazole rings is 2. The van der Waals surface area contributed by atoms with Gasteiger partial charge in [-0.25, -0.2) is 15.0 Å². The molecule has 21 heavy (non-hydrogen) atoms. The molecule has 3 rings (SSSR count). The topological polar surface area (TPSA) is 70.7 Å². The van der Waals surface area contributed by atoms with Gasteiger partial charge in [0.25, 0.3) is 0 Å². The summed E-state index contributed by atoms with van der Waals surface area (Å²) in [4.78, 5) is 17.0. The quantitative estimate of drug-likeness (QED) is 0.675. The van der Waals surface area contributed by atoms with E-state index in [-0.39, 0.29) is 5.38 Å². The number of hydrogen-bond acceptors (Lipinski definition) is 5. The van der Waals surface area contributed by atoms with Crippen molar-refractivity contribution in [2.75, 3.05) is 7.11 Å². The van der Waals surface area contributed by atoms with Gasteiger partial charge in [0.2, 0.25) is 5.88 Å². The van der Waals surface area contributed by atoms with Crippen LogP contribution in [-0.4, -0.2) is 36.2 Å². The van der Waals surface area contributed by atoms with Gasteiger partial charge in [0.15, 0.2) is 11.2 Å². The van der Waals surface area contributed by atoms with Gasteiger partial charge >= 0.3 is 0 Å². The van der Waals surface area contributed by atoms with Crippen LogP contribution in [0.5, 0.6) is 5.88 Å². The Balaban J connectivity index is 2.03. The summed E-state index contributed by atoms with van der Waals surface area (Å²) < 4.78 is 9.23. The molecule has 0 aliphatic carbocycles. The van der Waals surface area contributed by atoms with Crippen molar-refractivity contribution < 1.29 is 4.74 Å². The van der Waals surface area contributed by atoms with Crippen molar-refractivity contribution in [3.8, 4) is 5.88 Å². The minimum absolute atomic E-state index is 0.230. The van der Waals surface area contributed by atoms with E-state index in [9.17, 15) is 0 Å². The van der Waals surface area contributed by atoms with Crippen LogP contribution in [-0.2, 0) is 13.1 Å². The summed E-state index contributed by atoms with van der Waals surface area (Å²) in [6, 6.07) is 0. The average molecular weight is 307 g/mol. The Morgan fingerprint density at radius 3 is 2.86 bits per heavy atom. The normalized spacial score (nSPS) is 12.7. The maximum Gasteiger partial charge on any atom is 0.245 e. The van der Waals surface area contributed by atoms with E-state index < -0.39 is 0 Å². The van der Waals surface area contributed by atoms with Crippen molar-refractivity contribution in [3.05, 3.63) is 30.9 Å². The number of aromatic nitrogens is 6. The van der Waals surface area contributed by atoms with Gasteiger partial charge in [0.1, 0.15) is 12.2 Å². The SMILES string of the molecule is COc1ncnc2c1nc(C(C)Cl)n2CCn1ccnc1. The predicted octanol–water partition coefficient (Wildman–Crippen LogP) is 2.03. The summed E-state index contributed by atoms with van der Waals surface area (Å²) in [6.07, 6.45) is 6.92. The first-order chi connectivity index (χ1) is 10.2. The first-order valence-corrected chi connectivity index (χ1v) is 6.99. The number of methoxy groups -OCH3 is 1. The smallest absolute Gasteiger partial charge is 0.245 e. The second-order valence-electron chi connectivity index (χ2n) is 4.59. The Kier molecular flexibility index (Phi) is 3.74. The molecule has 0 bridgehead atoms. The van der Waals surface area contributed by atoms with Crippen molar-refractivity contribution in [3.63, 3.8) is 0 Å². The van der Waals surface area contributed by atoms with Gasteiger partial charge in [0.05, 0.1) is 18.8 Å². The first-order valence-electron chi connectivity index (χ1n) is 6.55. The Morgan fingerprint density at radius 2 is 2.19 bits per heavy atom. The van der Waals surface area contributed by atoms with Crippen molar-refractivity contribution >= 4 is 22.8 Å². The number of fused-ring (bicyclic) bond motifs is 1. The van der Waals surface area contributed by atoms with Crippen molar-refractivity contribution in [2.45, 2.75) is 25.4 Å². The fourth-order valence-corrected chi connectivity index (χ4v) is 2.41.